The molecular formula is C11H19N5OS. The molecule has 2 heterocycles. The summed E-state index contributed by atoms with van der Waals surface area (Å²) in [7, 11) is 0. The van der Waals surface area contributed by atoms with E-state index in [0.717, 1.165) is 25.3 Å². The van der Waals surface area contributed by atoms with Crippen LogP contribution in [0.3, 0.4) is 0 Å². The normalized spacial score (nSPS) is 17.2. The van der Waals surface area contributed by atoms with Gasteiger partial charge in [0.05, 0.1) is 12.2 Å². The van der Waals surface area contributed by atoms with Crippen LogP contribution in [0.4, 0.5) is 0 Å². The van der Waals surface area contributed by atoms with Gasteiger partial charge in [-0.1, -0.05) is 5.21 Å². The highest BCUT2D eigenvalue weighted by Gasteiger charge is 2.21. The van der Waals surface area contributed by atoms with Crippen molar-refractivity contribution in [2.45, 2.75) is 25.4 Å². The molecule has 0 spiro atoms. The number of nitrogens with zero attached hydrogens (tertiary/aromatic N) is 3. The first-order chi connectivity index (χ1) is 8.70. The van der Waals surface area contributed by atoms with Crippen molar-refractivity contribution in [2.75, 3.05) is 25.1 Å². The second-order valence-electron chi connectivity index (χ2n) is 4.55. The second kappa shape index (κ2) is 6.19. The summed E-state index contributed by atoms with van der Waals surface area (Å²) in [6.45, 7) is 3.80. The molecule has 1 saturated heterocycles. The summed E-state index contributed by atoms with van der Waals surface area (Å²) in [5.41, 5.74) is 0.401. The maximum Gasteiger partial charge on any atom is 0.273 e. The fourth-order valence-electron chi connectivity index (χ4n) is 1.68. The molecule has 2 N–H and O–H groups in total. The van der Waals surface area contributed by atoms with Crippen LogP contribution < -0.4 is 10.6 Å². The lowest BCUT2D eigenvalue weighted by atomic mass is 10.2. The van der Waals surface area contributed by atoms with Crippen LogP contribution in [0.15, 0.2) is 6.20 Å². The van der Waals surface area contributed by atoms with Gasteiger partial charge >= 0.3 is 0 Å². The van der Waals surface area contributed by atoms with E-state index in [0.29, 0.717) is 11.7 Å². The lowest BCUT2D eigenvalue weighted by Gasteiger charge is -2.26. The van der Waals surface area contributed by atoms with Crippen LogP contribution in [0, 0.1) is 0 Å². The summed E-state index contributed by atoms with van der Waals surface area (Å²) in [5, 5.41) is 14.0. The summed E-state index contributed by atoms with van der Waals surface area (Å²) >= 11 is 1.78. The zero-order chi connectivity index (χ0) is 13.0. The Kier molecular flexibility index (Phi) is 4.60. The molecule has 1 atom stereocenters. The summed E-state index contributed by atoms with van der Waals surface area (Å²) in [5.74, 6) is 0.907. The van der Waals surface area contributed by atoms with Crippen LogP contribution in [0.1, 0.15) is 29.9 Å². The van der Waals surface area contributed by atoms with Crippen LogP contribution in [-0.2, 0) is 0 Å². The lowest BCUT2D eigenvalue weighted by Crippen LogP contribution is -2.43. The van der Waals surface area contributed by atoms with Gasteiger partial charge in [0.1, 0.15) is 0 Å². The molecule has 1 amide bonds. The van der Waals surface area contributed by atoms with E-state index in [9.17, 15) is 4.79 Å². The lowest BCUT2D eigenvalue weighted by molar-refractivity contribution is 0.0934. The zero-order valence-electron chi connectivity index (χ0n) is 10.7. The molecule has 0 radical (unpaired) electrons. The Hall–Kier alpha value is -1.08. The minimum atomic E-state index is -0.137. The third kappa shape index (κ3) is 3.23. The molecule has 0 aliphatic carbocycles. The molecule has 7 heteroatoms. The van der Waals surface area contributed by atoms with Crippen molar-refractivity contribution in [1.82, 2.24) is 25.6 Å². The SMILES string of the molecule is CSCCC(C)NC(=O)c1cn(C2CNC2)nn1. The Balaban J connectivity index is 1.86. The van der Waals surface area contributed by atoms with Crippen LogP contribution >= 0.6 is 11.8 Å². The van der Waals surface area contributed by atoms with Gasteiger partial charge in [0.2, 0.25) is 0 Å². The van der Waals surface area contributed by atoms with Crippen molar-refractivity contribution in [1.29, 1.82) is 0 Å². The molecule has 0 bridgehead atoms. The number of carbonyl (C=O) groups excluding carboxylic acids is 1. The highest BCUT2D eigenvalue weighted by molar-refractivity contribution is 7.98. The first-order valence-corrected chi connectivity index (χ1v) is 7.52. The van der Waals surface area contributed by atoms with E-state index in [1.807, 2.05) is 6.92 Å². The van der Waals surface area contributed by atoms with Crippen molar-refractivity contribution in [2.24, 2.45) is 0 Å². The quantitative estimate of drug-likeness (QED) is 0.777. The summed E-state index contributed by atoms with van der Waals surface area (Å²) in [4.78, 5) is 11.9. The average molecular weight is 269 g/mol. The van der Waals surface area contributed by atoms with Gasteiger partial charge in [0.25, 0.3) is 5.91 Å². The van der Waals surface area contributed by atoms with Gasteiger partial charge < -0.3 is 10.6 Å². The van der Waals surface area contributed by atoms with E-state index in [1.54, 1.807) is 22.6 Å². The fraction of sp³-hybridized carbons (Fsp3) is 0.727. The van der Waals surface area contributed by atoms with E-state index < -0.39 is 0 Å². The van der Waals surface area contributed by atoms with Crippen molar-refractivity contribution < 1.29 is 4.79 Å². The molecule has 1 unspecified atom stereocenters. The van der Waals surface area contributed by atoms with Gasteiger partial charge in [-0.05, 0) is 25.4 Å². The predicted molar refractivity (Wildman–Crippen MR) is 71.9 cm³/mol. The Labute approximate surface area is 111 Å². The molecule has 18 heavy (non-hydrogen) atoms. The summed E-state index contributed by atoms with van der Waals surface area (Å²) in [6.07, 6.45) is 4.75. The number of hydrogen-bond acceptors (Lipinski definition) is 5. The number of nitrogens with one attached hydrogen (secondary N) is 2. The number of hydrogen-bond donors (Lipinski definition) is 2. The van der Waals surface area contributed by atoms with Crippen LogP contribution in [-0.4, -0.2) is 52.0 Å². The average Bonchev–Trinajstić information content (AvgIpc) is 2.73. The third-order valence-corrected chi connectivity index (χ3v) is 3.65. The minimum Gasteiger partial charge on any atom is -0.348 e. The molecule has 1 aliphatic heterocycles. The zero-order valence-corrected chi connectivity index (χ0v) is 11.5. The highest BCUT2D eigenvalue weighted by Crippen LogP contribution is 2.10. The van der Waals surface area contributed by atoms with E-state index in [-0.39, 0.29) is 11.9 Å². The molecule has 1 fully saturated rings. The minimum absolute atomic E-state index is 0.137. The van der Waals surface area contributed by atoms with Crippen molar-refractivity contribution in [3.8, 4) is 0 Å². The van der Waals surface area contributed by atoms with Gasteiger partial charge in [-0.3, -0.25) is 4.79 Å². The molecule has 0 saturated carbocycles. The Morgan fingerprint density at radius 1 is 1.72 bits per heavy atom. The van der Waals surface area contributed by atoms with Gasteiger partial charge in [0, 0.05) is 19.1 Å². The first kappa shape index (κ1) is 13.4. The maximum absolute atomic E-state index is 11.9. The van der Waals surface area contributed by atoms with Gasteiger partial charge in [-0.25, -0.2) is 4.68 Å². The third-order valence-electron chi connectivity index (χ3n) is 3.01. The van der Waals surface area contributed by atoms with Gasteiger partial charge in [-0.2, -0.15) is 11.8 Å². The van der Waals surface area contributed by atoms with Gasteiger partial charge in [-0.15, -0.1) is 5.10 Å². The van der Waals surface area contributed by atoms with Crippen LogP contribution in [0.25, 0.3) is 0 Å². The molecule has 0 aromatic carbocycles. The van der Waals surface area contributed by atoms with Crippen molar-refractivity contribution in [3.05, 3.63) is 11.9 Å². The molecular weight excluding hydrogens is 250 g/mol. The second-order valence-corrected chi connectivity index (χ2v) is 5.54. The molecule has 100 valence electrons. The highest BCUT2D eigenvalue weighted by atomic mass is 32.2. The van der Waals surface area contributed by atoms with E-state index in [1.165, 1.54) is 0 Å². The molecule has 2 rings (SSSR count). The fourth-order valence-corrected chi connectivity index (χ4v) is 2.27. The Morgan fingerprint density at radius 2 is 2.50 bits per heavy atom. The van der Waals surface area contributed by atoms with E-state index in [2.05, 4.69) is 27.2 Å². The smallest absolute Gasteiger partial charge is 0.273 e. The molecule has 1 aromatic rings. The molecule has 6 nitrogen and oxygen atoms in total. The summed E-state index contributed by atoms with van der Waals surface area (Å²) in [6, 6.07) is 0.508. The van der Waals surface area contributed by atoms with Crippen LogP contribution in [0.5, 0.6) is 0 Å². The van der Waals surface area contributed by atoms with Crippen molar-refractivity contribution >= 4 is 17.7 Å². The summed E-state index contributed by atoms with van der Waals surface area (Å²) < 4.78 is 1.76. The van der Waals surface area contributed by atoms with E-state index in [4.69, 9.17) is 0 Å². The number of amides is 1. The number of rotatable bonds is 6. The number of thioether (sulfide) groups is 1. The predicted octanol–water partition coefficient (Wildman–Crippen LogP) is 0.294. The van der Waals surface area contributed by atoms with Gasteiger partial charge in [0.15, 0.2) is 5.69 Å². The Morgan fingerprint density at radius 3 is 3.11 bits per heavy atom. The Bertz CT molecular complexity index is 404. The number of aromatic nitrogens is 3. The largest absolute Gasteiger partial charge is 0.348 e. The number of carbonyl (C=O) groups is 1. The monoisotopic (exact) mass is 269 g/mol. The van der Waals surface area contributed by atoms with Crippen LogP contribution in [0.2, 0.25) is 0 Å². The van der Waals surface area contributed by atoms with Crippen molar-refractivity contribution in [3.63, 3.8) is 0 Å². The standard InChI is InChI=1S/C11H19N5OS/c1-8(3-4-18-2)13-11(17)10-7-16(15-14-10)9-5-12-6-9/h7-9,12H,3-6H2,1-2H3,(H,13,17). The first-order valence-electron chi connectivity index (χ1n) is 6.13. The van der Waals surface area contributed by atoms with E-state index >= 15 is 0 Å². The maximum atomic E-state index is 11.9. The molecule has 1 aliphatic rings. The topological polar surface area (TPSA) is 71.8 Å². The molecule has 1 aromatic heterocycles.